The minimum absolute atomic E-state index is 0.317. The van der Waals surface area contributed by atoms with Crippen molar-refractivity contribution < 1.29 is 0 Å². The molecule has 1 aromatic heterocycles. The van der Waals surface area contributed by atoms with Crippen molar-refractivity contribution in [2.45, 2.75) is 19.9 Å². The highest BCUT2D eigenvalue weighted by Crippen LogP contribution is 2.30. The van der Waals surface area contributed by atoms with Crippen LogP contribution in [0.25, 0.3) is 0 Å². The highest BCUT2D eigenvalue weighted by molar-refractivity contribution is 6.29. The molecule has 0 aliphatic carbocycles. The Morgan fingerprint density at radius 3 is 2.75 bits per heavy atom. The van der Waals surface area contributed by atoms with Crippen LogP contribution in [0.4, 0.5) is 11.4 Å². The Balaban J connectivity index is 3.15. The Labute approximate surface area is 106 Å². The summed E-state index contributed by atoms with van der Waals surface area (Å²) in [5.74, 6) is 0.550. The number of alkyl halides is 1. The van der Waals surface area contributed by atoms with Gasteiger partial charge in [-0.05, 0) is 20.6 Å². The van der Waals surface area contributed by atoms with E-state index in [4.69, 9.17) is 23.2 Å². The average molecular weight is 260 g/mol. The lowest BCUT2D eigenvalue weighted by Crippen LogP contribution is -2.32. The summed E-state index contributed by atoms with van der Waals surface area (Å²) in [6, 6.07) is 2.11. The molecule has 1 aromatic rings. The van der Waals surface area contributed by atoms with Crippen molar-refractivity contribution in [3.05, 3.63) is 17.4 Å². The van der Waals surface area contributed by atoms with Gasteiger partial charge in [0, 0.05) is 24.5 Å². The zero-order chi connectivity index (χ0) is 12.1. The molecule has 88 valence electrons. The van der Waals surface area contributed by atoms with Gasteiger partial charge in [0.15, 0.2) is 0 Å². The highest BCUT2D eigenvalue weighted by atomic mass is 35.5. The van der Waals surface area contributed by atoms with Crippen LogP contribution in [0.3, 0.4) is 0 Å². The minimum atomic E-state index is 0.317. The van der Waals surface area contributed by atoms with Crippen LogP contribution in [-0.2, 0) is 0 Å². The van der Waals surface area contributed by atoms with E-state index in [0.717, 1.165) is 17.9 Å². The van der Waals surface area contributed by atoms with Crippen LogP contribution in [0.1, 0.15) is 13.8 Å². The van der Waals surface area contributed by atoms with E-state index in [1.54, 1.807) is 12.3 Å². The van der Waals surface area contributed by atoms with Crippen molar-refractivity contribution in [1.82, 2.24) is 4.98 Å². The van der Waals surface area contributed by atoms with E-state index in [9.17, 15) is 0 Å². The molecule has 16 heavy (non-hydrogen) atoms. The lowest BCUT2D eigenvalue weighted by Gasteiger charge is -2.29. The SMILES string of the molecule is C=Nc1cnc(Cl)cc1N(CCCl)C(C)C. The summed E-state index contributed by atoms with van der Waals surface area (Å²) in [5.41, 5.74) is 1.65. The number of aromatic nitrogens is 1. The molecule has 0 aliphatic rings. The van der Waals surface area contributed by atoms with Gasteiger partial charge in [0.1, 0.15) is 10.8 Å². The first-order valence-corrected chi connectivity index (χ1v) is 5.96. The third-order valence-corrected chi connectivity index (χ3v) is 2.63. The fraction of sp³-hybridized carbons (Fsp3) is 0.455. The van der Waals surface area contributed by atoms with Crippen LogP contribution in [-0.4, -0.2) is 30.2 Å². The molecule has 5 heteroatoms. The van der Waals surface area contributed by atoms with Crippen molar-refractivity contribution in [2.24, 2.45) is 4.99 Å². The molecule has 1 heterocycles. The highest BCUT2D eigenvalue weighted by Gasteiger charge is 2.14. The van der Waals surface area contributed by atoms with E-state index in [0.29, 0.717) is 17.1 Å². The van der Waals surface area contributed by atoms with Crippen LogP contribution in [0.5, 0.6) is 0 Å². The Bertz CT molecular complexity index is 366. The normalized spacial score (nSPS) is 10.6. The fourth-order valence-corrected chi connectivity index (χ4v) is 1.85. The number of nitrogens with zero attached hydrogens (tertiary/aromatic N) is 3. The lowest BCUT2D eigenvalue weighted by atomic mass is 10.2. The monoisotopic (exact) mass is 259 g/mol. The van der Waals surface area contributed by atoms with Crippen molar-refractivity contribution in [3.63, 3.8) is 0 Å². The number of anilines is 1. The molecule has 3 nitrogen and oxygen atoms in total. The predicted molar refractivity (Wildman–Crippen MR) is 71.7 cm³/mol. The largest absolute Gasteiger partial charge is 0.366 e. The Hall–Kier alpha value is -0.800. The fourth-order valence-electron chi connectivity index (χ4n) is 1.51. The predicted octanol–water partition coefficient (Wildman–Crippen LogP) is 3.52. The van der Waals surface area contributed by atoms with Gasteiger partial charge < -0.3 is 4.90 Å². The van der Waals surface area contributed by atoms with Crippen LogP contribution >= 0.6 is 23.2 Å². The zero-order valence-electron chi connectivity index (χ0n) is 9.45. The van der Waals surface area contributed by atoms with Gasteiger partial charge in [-0.15, -0.1) is 11.6 Å². The van der Waals surface area contributed by atoms with Gasteiger partial charge in [-0.25, -0.2) is 4.98 Å². The van der Waals surface area contributed by atoms with Gasteiger partial charge in [0.2, 0.25) is 0 Å². The number of aliphatic imine (C=N–C) groups is 1. The molecular weight excluding hydrogens is 245 g/mol. The van der Waals surface area contributed by atoms with Crippen LogP contribution in [0.2, 0.25) is 5.15 Å². The molecule has 1 rings (SSSR count). The van der Waals surface area contributed by atoms with E-state index < -0.39 is 0 Å². The lowest BCUT2D eigenvalue weighted by molar-refractivity contribution is 0.706. The smallest absolute Gasteiger partial charge is 0.131 e. The number of halogens is 2. The van der Waals surface area contributed by atoms with Crippen LogP contribution in [0, 0.1) is 0 Å². The van der Waals surface area contributed by atoms with E-state index in [-0.39, 0.29) is 0 Å². The summed E-state index contributed by atoms with van der Waals surface area (Å²) >= 11 is 11.7. The first-order valence-electron chi connectivity index (χ1n) is 5.05. The molecule has 0 spiro atoms. The summed E-state index contributed by atoms with van der Waals surface area (Å²) in [4.78, 5) is 10.1. The van der Waals surface area contributed by atoms with Crippen LogP contribution in [0.15, 0.2) is 17.3 Å². The van der Waals surface area contributed by atoms with Crippen molar-refractivity contribution in [2.75, 3.05) is 17.3 Å². The molecule has 0 saturated carbocycles. The second kappa shape index (κ2) is 6.06. The second-order valence-corrected chi connectivity index (χ2v) is 4.40. The van der Waals surface area contributed by atoms with Crippen LogP contribution < -0.4 is 4.90 Å². The molecule has 0 fully saturated rings. The molecule has 0 bridgehead atoms. The minimum Gasteiger partial charge on any atom is -0.366 e. The zero-order valence-corrected chi connectivity index (χ0v) is 11.0. The van der Waals surface area contributed by atoms with Gasteiger partial charge in [0.05, 0.1) is 11.9 Å². The molecule has 0 unspecified atom stereocenters. The maximum Gasteiger partial charge on any atom is 0.131 e. The second-order valence-electron chi connectivity index (χ2n) is 3.63. The molecular formula is C11H15Cl2N3. The average Bonchev–Trinajstić information content (AvgIpc) is 2.25. The number of rotatable bonds is 5. The van der Waals surface area contributed by atoms with Gasteiger partial charge in [-0.2, -0.15) is 0 Å². The van der Waals surface area contributed by atoms with Gasteiger partial charge in [-0.3, -0.25) is 4.99 Å². The molecule has 0 atom stereocenters. The summed E-state index contributed by atoms with van der Waals surface area (Å²) in [6.07, 6.45) is 1.62. The summed E-state index contributed by atoms with van der Waals surface area (Å²) in [7, 11) is 0. The first kappa shape index (κ1) is 13.3. The van der Waals surface area contributed by atoms with Gasteiger partial charge in [0.25, 0.3) is 0 Å². The molecule has 0 saturated heterocycles. The van der Waals surface area contributed by atoms with E-state index >= 15 is 0 Å². The first-order chi connectivity index (χ1) is 7.60. The maximum absolute atomic E-state index is 5.89. The van der Waals surface area contributed by atoms with Crippen molar-refractivity contribution in [3.8, 4) is 0 Å². The Morgan fingerprint density at radius 1 is 1.56 bits per heavy atom. The molecule has 0 amide bonds. The quantitative estimate of drug-likeness (QED) is 0.460. The van der Waals surface area contributed by atoms with E-state index in [1.807, 2.05) is 0 Å². The topological polar surface area (TPSA) is 28.5 Å². The van der Waals surface area contributed by atoms with Gasteiger partial charge >= 0.3 is 0 Å². The summed E-state index contributed by atoms with van der Waals surface area (Å²) < 4.78 is 0. The van der Waals surface area contributed by atoms with Crippen molar-refractivity contribution in [1.29, 1.82) is 0 Å². The van der Waals surface area contributed by atoms with E-state index in [2.05, 4.69) is 35.4 Å². The summed E-state index contributed by atoms with van der Waals surface area (Å²) in [5, 5.41) is 0.447. The molecule has 0 aromatic carbocycles. The Kier molecular flexibility index (Phi) is 5.03. The molecule has 0 N–H and O–H groups in total. The molecule has 0 aliphatic heterocycles. The number of pyridine rings is 1. The van der Waals surface area contributed by atoms with E-state index in [1.165, 1.54) is 0 Å². The number of hydrogen-bond donors (Lipinski definition) is 0. The van der Waals surface area contributed by atoms with Gasteiger partial charge in [-0.1, -0.05) is 11.6 Å². The maximum atomic E-state index is 5.89. The van der Waals surface area contributed by atoms with Crippen molar-refractivity contribution >= 4 is 41.3 Å². The molecule has 0 radical (unpaired) electrons. The third kappa shape index (κ3) is 3.09. The Morgan fingerprint density at radius 2 is 2.25 bits per heavy atom. The third-order valence-electron chi connectivity index (χ3n) is 2.26. The summed E-state index contributed by atoms with van der Waals surface area (Å²) in [6.45, 7) is 8.45. The standard InChI is InChI=1S/C11H15Cl2N3/c1-8(2)16(5-4-12)10-6-11(13)15-7-9(10)14-3/h6-8H,3-5H2,1-2H3. The number of hydrogen-bond acceptors (Lipinski definition) is 3.